The maximum atomic E-state index is 11.1. The predicted molar refractivity (Wildman–Crippen MR) is 59.0 cm³/mol. The Balaban J connectivity index is 4.25. The van der Waals surface area contributed by atoms with Gasteiger partial charge in [-0.25, -0.2) is 0 Å². The van der Waals surface area contributed by atoms with Crippen LogP contribution in [0.2, 0.25) is 0 Å². The van der Waals surface area contributed by atoms with E-state index in [1.54, 1.807) is 0 Å². The van der Waals surface area contributed by atoms with Crippen molar-refractivity contribution in [3.8, 4) is 0 Å². The Morgan fingerprint density at radius 3 is 2.62 bits per heavy atom. The van der Waals surface area contributed by atoms with E-state index in [1.807, 2.05) is 9.47 Å². The Morgan fingerprint density at radius 2 is 2.23 bits per heavy atom. The number of hydrogen-bond donors (Lipinski definition) is 0. The summed E-state index contributed by atoms with van der Waals surface area (Å²) in [5.41, 5.74) is 0. The summed E-state index contributed by atoms with van der Waals surface area (Å²) >= 11 is 5.33. The third-order valence-electron chi connectivity index (χ3n) is 1.20. The van der Waals surface area contributed by atoms with Crippen LogP contribution in [0.3, 0.4) is 0 Å². The molecule has 2 unspecified atom stereocenters. The Morgan fingerprint density at radius 1 is 1.62 bits per heavy atom. The van der Waals surface area contributed by atoms with Gasteiger partial charge in [0.2, 0.25) is 0 Å². The summed E-state index contributed by atoms with van der Waals surface area (Å²) in [5, 5.41) is 0. The van der Waals surface area contributed by atoms with E-state index in [0.29, 0.717) is 8.06 Å². The molecule has 4 nitrogen and oxygen atoms in total. The molecule has 0 aromatic rings. The van der Waals surface area contributed by atoms with E-state index in [2.05, 4.69) is 18.2 Å². The lowest BCUT2D eigenvalue weighted by molar-refractivity contribution is -0.135. The predicted octanol–water partition coefficient (Wildman–Crippen LogP) is 1.81. The van der Waals surface area contributed by atoms with Crippen LogP contribution in [0.5, 0.6) is 0 Å². The molecule has 0 aliphatic carbocycles. The molecule has 0 aliphatic rings. The van der Waals surface area contributed by atoms with Gasteiger partial charge < -0.3 is 4.52 Å². The van der Waals surface area contributed by atoms with Crippen molar-refractivity contribution in [2.24, 2.45) is 4.74 Å². The van der Waals surface area contributed by atoms with Crippen LogP contribution >= 0.6 is 38.1 Å². The highest BCUT2D eigenvalue weighted by molar-refractivity contribution is 7.97. The number of nitrogens with zero attached hydrogens (tertiary/aromatic N) is 1. The van der Waals surface area contributed by atoms with E-state index in [1.165, 1.54) is 0 Å². The fourth-order valence-electron chi connectivity index (χ4n) is 0.595. The van der Waals surface area contributed by atoms with E-state index in [9.17, 15) is 9.59 Å². The molecule has 13 heavy (non-hydrogen) atoms. The van der Waals surface area contributed by atoms with Gasteiger partial charge in [-0.3, -0.25) is 14.3 Å². The number of Topliss-reactive ketones (excluding diaryl/α,β-unsaturated/α-hetero) is 1. The van der Waals surface area contributed by atoms with Gasteiger partial charge in [-0.2, -0.15) is 0 Å². The van der Waals surface area contributed by atoms with Crippen molar-refractivity contribution < 1.29 is 14.1 Å². The summed E-state index contributed by atoms with van der Waals surface area (Å²) in [7, 11) is 4.76. The molecule has 0 saturated carbocycles. The van der Waals surface area contributed by atoms with Crippen LogP contribution in [-0.2, 0) is 14.1 Å². The number of rotatable bonds is 5. The summed E-state index contributed by atoms with van der Waals surface area (Å²) in [6.45, 7) is 0. The first-order chi connectivity index (χ1) is 6.15. The molecule has 0 amide bonds. The first-order valence-corrected chi connectivity index (χ1v) is 6.71. The average molecular weight is 260 g/mol. The Kier molecular flexibility index (Phi) is 8.00. The Bertz CT molecular complexity index is 223. The van der Waals surface area contributed by atoms with E-state index in [4.69, 9.17) is 11.6 Å². The minimum Gasteiger partial charge on any atom is -0.451 e. The third-order valence-corrected chi connectivity index (χ3v) is 2.54. The zero-order chi connectivity index (χ0) is 10.3. The van der Waals surface area contributed by atoms with E-state index >= 15 is 0 Å². The smallest absolute Gasteiger partial charge is 0.310 e. The molecule has 0 fully saturated rings. The molecule has 0 aromatic carbocycles. The zero-order valence-electron chi connectivity index (χ0n) is 6.64. The Labute approximate surface area is 87.4 Å². The van der Waals surface area contributed by atoms with Gasteiger partial charge in [-0.1, -0.05) is 8.93 Å². The highest BCUT2D eigenvalue weighted by Gasteiger charge is 2.19. The van der Waals surface area contributed by atoms with Crippen molar-refractivity contribution >= 4 is 49.8 Å². The minimum atomic E-state index is -0.690. The van der Waals surface area contributed by atoms with Gasteiger partial charge in [-0.05, 0) is 0 Å². The summed E-state index contributed by atoms with van der Waals surface area (Å²) < 4.78 is 8.21. The standard InChI is InChI=1S/C5H9ClNO3P3/c6-2-4(8)3(7-13-12)1-5(9)10-11/h3H,1-2,11-12H2/t3-/m0/s1. The fourth-order valence-corrected chi connectivity index (χ4v) is 1.72. The molecule has 0 aliphatic heterocycles. The highest BCUT2D eigenvalue weighted by atomic mass is 35.5. The fraction of sp³-hybridized carbons (Fsp3) is 0.600. The molecule has 0 aromatic heterocycles. The topological polar surface area (TPSA) is 55.7 Å². The number of alkyl halides is 1. The van der Waals surface area contributed by atoms with Crippen LogP contribution in [0.15, 0.2) is 4.74 Å². The summed E-state index contributed by atoms with van der Waals surface area (Å²) in [4.78, 5) is 21.9. The van der Waals surface area contributed by atoms with Gasteiger partial charge >= 0.3 is 5.97 Å². The summed E-state index contributed by atoms with van der Waals surface area (Å²) in [6.07, 6.45) is -0.0591. The van der Waals surface area contributed by atoms with Crippen LogP contribution in [0, 0.1) is 0 Å². The molecule has 0 rings (SSSR count). The van der Waals surface area contributed by atoms with E-state index < -0.39 is 12.0 Å². The first-order valence-electron chi connectivity index (χ1n) is 3.24. The molecule has 0 radical (unpaired) electrons. The molecule has 74 valence electrons. The molecule has 0 saturated heterocycles. The second-order valence-electron chi connectivity index (χ2n) is 2.04. The van der Waals surface area contributed by atoms with Crippen LogP contribution < -0.4 is 0 Å². The maximum Gasteiger partial charge on any atom is 0.310 e. The van der Waals surface area contributed by atoms with Crippen LogP contribution in [0.25, 0.3) is 0 Å². The molecular formula is C5H9ClNO3P3. The number of ketones is 1. The normalized spacial score (nSPS) is 12.8. The number of carbonyl (C=O) groups is 2. The number of halogens is 1. The molecular weight excluding hydrogens is 250 g/mol. The quantitative estimate of drug-likeness (QED) is 0.559. The molecule has 0 N–H and O–H groups in total. The van der Waals surface area contributed by atoms with Crippen molar-refractivity contribution in [2.45, 2.75) is 12.5 Å². The third kappa shape index (κ3) is 5.65. The van der Waals surface area contributed by atoms with E-state index in [-0.39, 0.29) is 18.1 Å². The molecule has 0 heterocycles. The van der Waals surface area contributed by atoms with E-state index in [0.717, 1.165) is 0 Å². The summed E-state index contributed by atoms with van der Waals surface area (Å²) in [6, 6.07) is -0.690. The SMILES string of the molecule is O=C(C[C@H](N=PP)C(=O)CCl)OP. The second-order valence-corrected chi connectivity index (χ2v) is 3.70. The molecule has 8 heteroatoms. The molecule has 0 bridgehead atoms. The minimum absolute atomic E-state index is 0.0591. The van der Waals surface area contributed by atoms with Gasteiger partial charge in [0.25, 0.3) is 0 Å². The molecule has 3 atom stereocenters. The molecule has 0 spiro atoms. The van der Waals surface area contributed by atoms with Crippen molar-refractivity contribution in [1.29, 1.82) is 0 Å². The van der Waals surface area contributed by atoms with Gasteiger partial charge in [0.1, 0.15) is 6.04 Å². The lowest BCUT2D eigenvalue weighted by Crippen LogP contribution is -2.22. The largest absolute Gasteiger partial charge is 0.451 e. The van der Waals surface area contributed by atoms with Crippen molar-refractivity contribution in [3.05, 3.63) is 0 Å². The van der Waals surface area contributed by atoms with Gasteiger partial charge in [-0.15, -0.1) is 11.6 Å². The van der Waals surface area contributed by atoms with Crippen molar-refractivity contribution in [2.75, 3.05) is 5.88 Å². The second kappa shape index (κ2) is 7.76. The highest BCUT2D eigenvalue weighted by Crippen LogP contribution is 2.16. The maximum absolute atomic E-state index is 11.1. The van der Waals surface area contributed by atoms with Gasteiger partial charge in [0, 0.05) is 8.06 Å². The first kappa shape index (κ1) is 13.4. The summed E-state index contributed by atoms with van der Waals surface area (Å²) in [5.74, 6) is -0.906. The van der Waals surface area contributed by atoms with Crippen LogP contribution in [0.4, 0.5) is 0 Å². The number of carbonyl (C=O) groups excluding carboxylic acids is 2. The van der Waals surface area contributed by atoms with Gasteiger partial charge in [0.15, 0.2) is 5.78 Å². The average Bonchev–Trinajstić information content (AvgIpc) is 2.15. The monoisotopic (exact) mass is 259 g/mol. The van der Waals surface area contributed by atoms with Gasteiger partial charge in [0.05, 0.1) is 21.8 Å². The zero-order valence-corrected chi connectivity index (χ0v) is 10.6. The lowest BCUT2D eigenvalue weighted by atomic mass is 10.1. The van der Waals surface area contributed by atoms with Crippen molar-refractivity contribution in [3.63, 3.8) is 0 Å². The van der Waals surface area contributed by atoms with Crippen LogP contribution in [0.1, 0.15) is 6.42 Å². The lowest BCUT2D eigenvalue weighted by Gasteiger charge is -2.06. The van der Waals surface area contributed by atoms with Crippen molar-refractivity contribution in [1.82, 2.24) is 0 Å². The Hall–Kier alpha value is 0.390. The number of hydrogen-bond acceptors (Lipinski definition) is 4. The van der Waals surface area contributed by atoms with Crippen LogP contribution in [-0.4, -0.2) is 23.7 Å².